The lowest BCUT2D eigenvalue weighted by Crippen LogP contribution is -1.99. The van der Waals surface area contributed by atoms with E-state index in [4.69, 9.17) is 5.73 Å². The minimum atomic E-state index is -0.246. The lowest BCUT2D eigenvalue weighted by Gasteiger charge is -1.93. The molecule has 2 N–H and O–H groups in total. The molecule has 0 saturated carbocycles. The van der Waals surface area contributed by atoms with Gasteiger partial charge < -0.3 is 5.73 Å². The molecular formula is C11H10FN5S. The van der Waals surface area contributed by atoms with E-state index >= 15 is 0 Å². The molecule has 0 fully saturated rings. The van der Waals surface area contributed by atoms with Gasteiger partial charge in [-0.25, -0.2) is 14.1 Å². The molecule has 0 bridgehead atoms. The van der Waals surface area contributed by atoms with Gasteiger partial charge in [-0.1, -0.05) is 5.21 Å². The molecule has 5 nitrogen and oxygen atoms in total. The number of hydrogen-bond acceptors (Lipinski definition) is 5. The van der Waals surface area contributed by atoms with Crippen molar-refractivity contribution in [3.63, 3.8) is 0 Å². The maximum absolute atomic E-state index is 13.1. The SMILES string of the molecule is NCc1cn(Cc2nc3ccc(F)cc3s2)nn1. The lowest BCUT2D eigenvalue weighted by atomic mass is 10.3. The second kappa shape index (κ2) is 4.43. The summed E-state index contributed by atoms with van der Waals surface area (Å²) in [5, 5.41) is 8.72. The Morgan fingerprint density at radius 2 is 2.28 bits per heavy atom. The largest absolute Gasteiger partial charge is 0.325 e. The lowest BCUT2D eigenvalue weighted by molar-refractivity contribution is 0.630. The molecule has 2 heterocycles. The van der Waals surface area contributed by atoms with E-state index in [1.165, 1.54) is 23.5 Å². The zero-order valence-corrected chi connectivity index (χ0v) is 10.2. The molecule has 0 amide bonds. The number of halogens is 1. The van der Waals surface area contributed by atoms with Crippen LogP contribution in [0.1, 0.15) is 10.7 Å². The van der Waals surface area contributed by atoms with Crippen molar-refractivity contribution in [2.45, 2.75) is 13.1 Å². The third-order valence-electron chi connectivity index (χ3n) is 2.49. The first-order chi connectivity index (χ1) is 8.74. The molecule has 3 rings (SSSR count). The number of rotatable bonds is 3. The van der Waals surface area contributed by atoms with Crippen LogP contribution in [0.3, 0.4) is 0 Å². The Labute approximate surface area is 106 Å². The quantitative estimate of drug-likeness (QED) is 0.778. The number of nitrogens with two attached hydrogens (primary N) is 1. The number of benzene rings is 1. The van der Waals surface area contributed by atoms with Gasteiger partial charge in [-0.15, -0.1) is 16.4 Å². The van der Waals surface area contributed by atoms with Crippen molar-refractivity contribution in [3.05, 3.63) is 40.9 Å². The fourth-order valence-corrected chi connectivity index (χ4v) is 2.65. The highest BCUT2D eigenvalue weighted by atomic mass is 32.1. The van der Waals surface area contributed by atoms with Crippen molar-refractivity contribution in [1.82, 2.24) is 20.0 Å². The van der Waals surface area contributed by atoms with Gasteiger partial charge in [-0.2, -0.15) is 0 Å². The van der Waals surface area contributed by atoms with E-state index in [1.807, 2.05) is 0 Å². The van der Waals surface area contributed by atoms with Gasteiger partial charge in [0.15, 0.2) is 0 Å². The monoisotopic (exact) mass is 263 g/mol. The Morgan fingerprint density at radius 1 is 1.39 bits per heavy atom. The zero-order chi connectivity index (χ0) is 12.5. The van der Waals surface area contributed by atoms with Crippen LogP contribution >= 0.6 is 11.3 Å². The molecule has 1 aromatic carbocycles. The standard InChI is InChI=1S/C11H10FN5S/c12-7-1-2-9-10(3-7)18-11(14-9)6-17-5-8(4-13)15-16-17/h1-3,5H,4,6,13H2. The van der Waals surface area contributed by atoms with Gasteiger partial charge in [0.05, 0.1) is 28.7 Å². The summed E-state index contributed by atoms with van der Waals surface area (Å²) >= 11 is 1.45. The number of nitrogens with zero attached hydrogens (tertiary/aromatic N) is 4. The Hall–Kier alpha value is -1.86. The first-order valence-electron chi connectivity index (χ1n) is 5.38. The van der Waals surface area contributed by atoms with Gasteiger partial charge in [0.1, 0.15) is 10.8 Å². The van der Waals surface area contributed by atoms with E-state index in [2.05, 4.69) is 15.3 Å². The number of thiazole rings is 1. The second-order valence-corrected chi connectivity index (χ2v) is 4.95. The van der Waals surface area contributed by atoms with E-state index in [0.717, 1.165) is 20.9 Å². The summed E-state index contributed by atoms with van der Waals surface area (Å²) < 4.78 is 15.6. The predicted molar refractivity (Wildman–Crippen MR) is 66.6 cm³/mol. The fraction of sp³-hybridized carbons (Fsp3) is 0.182. The minimum Gasteiger partial charge on any atom is -0.325 e. The molecule has 18 heavy (non-hydrogen) atoms. The molecule has 0 aliphatic rings. The van der Waals surface area contributed by atoms with Gasteiger partial charge in [0.25, 0.3) is 0 Å². The van der Waals surface area contributed by atoms with Crippen molar-refractivity contribution >= 4 is 21.6 Å². The summed E-state index contributed by atoms with van der Waals surface area (Å²) in [5.41, 5.74) is 7.00. The van der Waals surface area contributed by atoms with Crippen molar-refractivity contribution in [1.29, 1.82) is 0 Å². The van der Waals surface area contributed by atoms with Crippen molar-refractivity contribution in [2.24, 2.45) is 5.73 Å². The molecule has 3 aromatic rings. The second-order valence-electron chi connectivity index (χ2n) is 3.83. The van der Waals surface area contributed by atoms with Gasteiger partial charge in [0, 0.05) is 6.54 Å². The summed E-state index contributed by atoms with van der Waals surface area (Å²) in [7, 11) is 0. The number of hydrogen-bond donors (Lipinski definition) is 1. The molecular weight excluding hydrogens is 253 g/mol. The Kier molecular flexibility index (Phi) is 2.77. The van der Waals surface area contributed by atoms with Crippen LogP contribution in [0, 0.1) is 5.82 Å². The van der Waals surface area contributed by atoms with Crippen LogP contribution in [0.25, 0.3) is 10.2 Å². The van der Waals surface area contributed by atoms with Gasteiger partial charge in [-0.3, -0.25) is 0 Å². The highest BCUT2D eigenvalue weighted by Gasteiger charge is 2.07. The topological polar surface area (TPSA) is 69.6 Å². The first-order valence-corrected chi connectivity index (χ1v) is 6.20. The van der Waals surface area contributed by atoms with Crippen molar-refractivity contribution in [2.75, 3.05) is 0 Å². The van der Waals surface area contributed by atoms with E-state index in [9.17, 15) is 4.39 Å². The van der Waals surface area contributed by atoms with Crippen molar-refractivity contribution in [3.8, 4) is 0 Å². The van der Waals surface area contributed by atoms with E-state index < -0.39 is 0 Å². The van der Waals surface area contributed by atoms with Gasteiger partial charge >= 0.3 is 0 Å². The highest BCUT2D eigenvalue weighted by Crippen LogP contribution is 2.23. The van der Waals surface area contributed by atoms with E-state index in [-0.39, 0.29) is 5.82 Å². The average molecular weight is 263 g/mol. The average Bonchev–Trinajstić information content (AvgIpc) is 2.95. The number of fused-ring (bicyclic) bond motifs is 1. The van der Waals surface area contributed by atoms with Crippen LogP contribution in [-0.2, 0) is 13.1 Å². The third kappa shape index (κ3) is 2.09. The summed E-state index contributed by atoms with van der Waals surface area (Å²) in [5.74, 6) is -0.246. The maximum Gasteiger partial charge on any atom is 0.124 e. The normalized spacial score (nSPS) is 11.2. The molecule has 92 valence electrons. The molecule has 0 spiro atoms. The van der Waals surface area contributed by atoms with Crippen LogP contribution < -0.4 is 5.73 Å². The first kappa shape index (κ1) is 11.2. The minimum absolute atomic E-state index is 0.246. The van der Waals surface area contributed by atoms with Gasteiger partial charge in [-0.05, 0) is 18.2 Å². The van der Waals surface area contributed by atoms with Crippen LogP contribution in [0.4, 0.5) is 4.39 Å². The molecule has 0 aliphatic heterocycles. The fourth-order valence-electron chi connectivity index (χ4n) is 1.66. The Bertz CT molecular complexity index is 690. The van der Waals surface area contributed by atoms with E-state index in [0.29, 0.717) is 13.1 Å². The van der Waals surface area contributed by atoms with Crippen LogP contribution in [0.5, 0.6) is 0 Å². The maximum atomic E-state index is 13.1. The zero-order valence-electron chi connectivity index (χ0n) is 9.38. The molecule has 0 atom stereocenters. The highest BCUT2D eigenvalue weighted by molar-refractivity contribution is 7.18. The van der Waals surface area contributed by atoms with Crippen LogP contribution in [0.2, 0.25) is 0 Å². The third-order valence-corrected chi connectivity index (χ3v) is 3.49. The molecule has 0 unspecified atom stereocenters. The van der Waals surface area contributed by atoms with Crippen molar-refractivity contribution < 1.29 is 4.39 Å². The molecule has 0 radical (unpaired) electrons. The summed E-state index contributed by atoms with van der Waals surface area (Å²) in [4.78, 5) is 4.42. The smallest absolute Gasteiger partial charge is 0.124 e. The summed E-state index contributed by atoms with van der Waals surface area (Å²) in [6.45, 7) is 0.888. The molecule has 7 heteroatoms. The molecule has 0 saturated heterocycles. The Morgan fingerprint density at radius 3 is 3.06 bits per heavy atom. The summed E-state index contributed by atoms with van der Waals surface area (Å²) in [6, 6.07) is 4.58. The molecule has 2 aromatic heterocycles. The van der Waals surface area contributed by atoms with E-state index in [1.54, 1.807) is 16.9 Å². The molecule has 0 aliphatic carbocycles. The number of aromatic nitrogens is 4. The predicted octanol–water partition coefficient (Wildman–Crippen LogP) is 1.53. The van der Waals surface area contributed by atoms with Crippen LogP contribution in [-0.4, -0.2) is 20.0 Å². The Balaban J connectivity index is 1.90. The summed E-state index contributed by atoms with van der Waals surface area (Å²) in [6.07, 6.45) is 1.78. The van der Waals surface area contributed by atoms with Gasteiger partial charge in [0.2, 0.25) is 0 Å². The van der Waals surface area contributed by atoms with Crippen LogP contribution in [0.15, 0.2) is 24.4 Å².